The van der Waals surface area contributed by atoms with E-state index < -0.39 is 18.5 Å². The fourth-order valence-corrected chi connectivity index (χ4v) is 5.08. The number of hydrogen-bond donors (Lipinski definition) is 1. The highest BCUT2D eigenvalue weighted by atomic mass is 35.5. The van der Waals surface area contributed by atoms with E-state index in [1.807, 2.05) is 17.9 Å². The molecule has 2 fully saturated rings. The second kappa shape index (κ2) is 11.1. The van der Waals surface area contributed by atoms with Crippen molar-refractivity contribution >= 4 is 29.1 Å². The largest absolute Gasteiger partial charge is 0.389 e. The first-order chi connectivity index (χ1) is 15.5. The molecule has 1 N–H and O–H groups in total. The van der Waals surface area contributed by atoms with Crippen LogP contribution in [-0.4, -0.2) is 53.5 Å². The van der Waals surface area contributed by atoms with Gasteiger partial charge < -0.3 is 10.2 Å². The molecule has 1 atom stereocenters. The molecule has 0 radical (unpaired) electrons. The van der Waals surface area contributed by atoms with Crippen LogP contribution in [0.5, 0.6) is 0 Å². The van der Waals surface area contributed by atoms with E-state index in [2.05, 4.69) is 17.1 Å². The van der Waals surface area contributed by atoms with Crippen LogP contribution >= 0.6 is 11.6 Å². The Morgan fingerprint density at radius 2 is 1.88 bits per heavy atom. The minimum absolute atomic E-state index is 0.124. The summed E-state index contributed by atoms with van der Waals surface area (Å²) in [4.78, 5) is 29.3. The smallest absolute Gasteiger partial charge is 0.337 e. The number of alkyl halides is 3. The Labute approximate surface area is 198 Å². The third-order valence-corrected chi connectivity index (χ3v) is 6.93. The summed E-state index contributed by atoms with van der Waals surface area (Å²) in [5, 5.41) is 3.18. The number of halogens is 4. The average Bonchev–Trinajstić information content (AvgIpc) is 3.25. The summed E-state index contributed by atoms with van der Waals surface area (Å²) in [7, 11) is 0. The first-order valence-corrected chi connectivity index (χ1v) is 12.1. The van der Waals surface area contributed by atoms with Gasteiger partial charge in [-0.1, -0.05) is 24.4 Å². The van der Waals surface area contributed by atoms with Crippen molar-refractivity contribution in [1.82, 2.24) is 9.80 Å². The van der Waals surface area contributed by atoms with Crippen LogP contribution in [0.15, 0.2) is 12.1 Å². The second-order valence-electron chi connectivity index (χ2n) is 9.35. The van der Waals surface area contributed by atoms with Gasteiger partial charge in [0.2, 0.25) is 11.8 Å². The van der Waals surface area contributed by atoms with Crippen molar-refractivity contribution in [3.63, 3.8) is 0 Å². The molecular weight excluding hydrogens is 455 g/mol. The van der Waals surface area contributed by atoms with Crippen molar-refractivity contribution in [1.29, 1.82) is 0 Å². The molecule has 2 aliphatic rings. The second-order valence-corrected chi connectivity index (χ2v) is 9.79. The van der Waals surface area contributed by atoms with Gasteiger partial charge in [0, 0.05) is 61.7 Å². The predicted octanol–water partition coefficient (Wildman–Crippen LogP) is 5.54. The van der Waals surface area contributed by atoms with E-state index in [0.717, 1.165) is 49.9 Å². The van der Waals surface area contributed by atoms with Crippen LogP contribution in [0.4, 0.5) is 18.9 Å². The first-order valence-electron chi connectivity index (χ1n) is 11.7. The number of benzene rings is 1. The summed E-state index contributed by atoms with van der Waals surface area (Å²) in [6.07, 6.45) is -1.41. The molecular formula is C24H33ClF3N3O2. The number of carbonyl (C=O) groups is 2. The molecule has 1 heterocycles. The van der Waals surface area contributed by atoms with Gasteiger partial charge in [0.05, 0.1) is 0 Å². The SMILES string of the molecule is Cc1c(CN2CCN(C(=O)C3CCCC3)[C@@H](C)C2)cc(Cl)cc1NC(=O)CCCC(F)(F)F. The van der Waals surface area contributed by atoms with Gasteiger partial charge in [0.1, 0.15) is 0 Å². The van der Waals surface area contributed by atoms with Gasteiger partial charge in [-0.3, -0.25) is 14.5 Å². The standard InChI is InChI=1S/C24H33ClF3N3O2/c1-16-14-30(10-11-31(16)23(33)18-6-3-4-7-18)15-19-12-20(25)13-21(17(19)2)29-22(32)8-5-9-24(26,27)28/h12-13,16,18H,3-11,14-15H2,1-2H3,(H,29,32)/t16-/m0/s1. The molecule has 0 bridgehead atoms. The Morgan fingerprint density at radius 3 is 2.52 bits per heavy atom. The van der Waals surface area contributed by atoms with Crippen LogP contribution in [0.2, 0.25) is 5.02 Å². The molecule has 3 rings (SSSR count). The molecule has 9 heteroatoms. The van der Waals surface area contributed by atoms with Crippen LogP contribution in [-0.2, 0) is 16.1 Å². The molecule has 1 aliphatic heterocycles. The number of anilines is 1. The van der Waals surface area contributed by atoms with E-state index >= 15 is 0 Å². The lowest BCUT2D eigenvalue weighted by atomic mass is 10.0. The summed E-state index contributed by atoms with van der Waals surface area (Å²) < 4.78 is 37.0. The maximum Gasteiger partial charge on any atom is 0.389 e. The Kier molecular flexibility index (Phi) is 8.67. The van der Waals surface area contributed by atoms with Crippen molar-refractivity contribution < 1.29 is 22.8 Å². The number of rotatable bonds is 7. The van der Waals surface area contributed by atoms with E-state index in [1.165, 1.54) is 0 Å². The number of nitrogens with zero attached hydrogens (tertiary/aromatic N) is 2. The molecule has 1 aromatic carbocycles. The molecule has 1 saturated carbocycles. The molecule has 0 aromatic heterocycles. The zero-order valence-electron chi connectivity index (χ0n) is 19.3. The van der Waals surface area contributed by atoms with Crippen molar-refractivity contribution in [3.05, 3.63) is 28.3 Å². The Hall–Kier alpha value is -1.80. The molecule has 184 valence electrons. The number of hydrogen-bond acceptors (Lipinski definition) is 3. The topological polar surface area (TPSA) is 52.6 Å². The lowest BCUT2D eigenvalue weighted by Gasteiger charge is -2.41. The first kappa shape index (κ1) is 25.8. The van der Waals surface area contributed by atoms with Crippen LogP contribution in [0.25, 0.3) is 0 Å². The number of carbonyl (C=O) groups excluding carboxylic acids is 2. The zero-order valence-corrected chi connectivity index (χ0v) is 20.1. The van der Waals surface area contributed by atoms with E-state index in [4.69, 9.17) is 11.6 Å². The third kappa shape index (κ3) is 7.34. The van der Waals surface area contributed by atoms with Crippen LogP contribution in [0.1, 0.15) is 63.0 Å². The Morgan fingerprint density at radius 1 is 1.18 bits per heavy atom. The molecule has 5 nitrogen and oxygen atoms in total. The van der Waals surface area contributed by atoms with Crippen LogP contribution < -0.4 is 5.32 Å². The van der Waals surface area contributed by atoms with E-state index in [0.29, 0.717) is 23.8 Å². The molecule has 1 aliphatic carbocycles. The highest BCUT2D eigenvalue weighted by molar-refractivity contribution is 6.31. The summed E-state index contributed by atoms with van der Waals surface area (Å²) in [6.45, 7) is 6.78. The minimum atomic E-state index is -4.26. The molecule has 0 unspecified atom stereocenters. The fraction of sp³-hybridized carbons (Fsp3) is 0.667. The minimum Gasteiger partial charge on any atom is -0.337 e. The lowest BCUT2D eigenvalue weighted by Crippen LogP contribution is -2.54. The fourth-order valence-electron chi connectivity index (χ4n) is 4.84. The number of nitrogens with one attached hydrogen (secondary N) is 1. The van der Waals surface area contributed by atoms with Gasteiger partial charge in [0.15, 0.2) is 0 Å². The van der Waals surface area contributed by atoms with Crippen molar-refractivity contribution in [3.8, 4) is 0 Å². The van der Waals surface area contributed by atoms with E-state index in [1.54, 1.807) is 6.07 Å². The van der Waals surface area contributed by atoms with Crippen LogP contribution in [0, 0.1) is 12.8 Å². The summed E-state index contributed by atoms with van der Waals surface area (Å²) >= 11 is 6.28. The third-order valence-electron chi connectivity index (χ3n) is 6.71. The maximum absolute atomic E-state index is 12.8. The highest BCUT2D eigenvalue weighted by Gasteiger charge is 2.33. The predicted molar refractivity (Wildman–Crippen MR) is 123 cm³/mol. The van der Waals surface area contributed by atoms with Gasteiger partial charge >= 0.3 is 6.18 Å². The molecule has 1 saturated heterocycles. The molecule has 2 amide bonds. The number of amides is 2. The van der Waals surface area contributed by atoms with Gasteiger partial charge in [-0.05, 0) is 56.4 Å². The normalized spacial score (nSPS) is 20.3. The van der Waals surface area contributed by atoms with Gasteiger partial charge in [-0.25, -0.2) is 0 Å². The lowest BCUT2D eigenvalue weighted by molar-refractivity contribution is -0.140. The van der Waals surface area contributed by atoms with Crippen molar-refractivity contribution in [2.24, 2.45) is 5.92 Å². The van der Waals surface area contributed by atoms with Gasteiger partial charge in [-0.2, -0.15) is 13.2 Å². The maximum atomic E-state index is 12.8. The van der Waals surface area contributed by atoms with Crippen molar-refractivity contribution in [2.45, 2.75) is 77.6 Å². The summed E-state index contributed by atoms with van der Waals surface area (Å²) in [5.74, 6) is 0.00816. The molecule has 1 aromatic rings. The summed E-state index contributed by atoms with van der Waals surface area (Å²) in [5.41, 5.74) is 2.33. The monoisotopic (exact) mass is 487 g/mol. The highest BCUT2D eigenvalue weighted by Crippen LogP contribution is 2.30. The average molecular weight is 488 g/mol. The van der Waals surface area contributed by atoms with Gasteiger partial charge in [-0.15, -0.1) is 0 Å². The molecule has 33 heavy (non-hydrogen) atoms. The van der Waals surface area contributed by atoms with Gasteiger partial charge in [0.25, 0.3) is 0 Å². The van der Waals surface area contributed by atoms with Crippen LogP contribution in [0.3, 0.4) is 0 Å². The Bertz CT molecular complexity index is 856. The van der Waals surface area contributed by atoms with E-state index in [9.17, 15) is 22.8 Å². The Balaban J connectivity index is 1.58. The zero-order chi connectivity index (χ0) is 24.2. The molecule has 0 spiro atoms. The number of piperazine rings is 1. The summed E-state index contributed by atoms with van der Waals surface area (Å²) in [6, 6.07) is 3.61. The quantitative estimate of drug-likeness (QED) is 0.549. The van der Waals surface area contributed by atoms with Crippen molar-refractivity contribution in [2.75, 3.05) is 25.0 Å². The van der Waals surface area contributed by atoms with E-state index in [-0.39, 0.29) is 30.7 Å².